The second kappa shape index (κ2) is 4.35. The van der Waals surface area contributed by atoms with Gasteiger partial charge in [-0.05, 0) is 35.2 Å². The first kappa shape index (κ1) is 13.6. The second-order valence-electron chi connectivity index (χ2n) is 6.76. The van der Waals surface area contributed by atoms with Crippen molar-refractivity contribution in [3.63, 3.8) is 0 Å². The highest BCUT2D eigenvalue weighted by atomic mass is 15.2. The van der Waals surface area contributed by atoms with Gasteiger partial charge >= 0.3 is 0 Å². The van der Waals surface area contributed by atoms with Crippen LogP contribution in [0.3, 0.4) is 0 Å². The number of nitrogens with zero attached hydrogens (tertiary/aromatic N) is 2. The van der Waals surface area contributed by atoms with E-state index in [-0.39, 0.29) is 0 Å². The van der Waals surface area contributed by atoms with Crippen LogP contribution in [0.2, 0.25) is 0 Å². The number of hydrogen-bond acceptors (Lipinski definition) is 3. The molecule has 4 heteroatoms. The Labute approximate surface area is 110 Å². The summed E-state index contributed by atoms with van der Waals surface area (Å²) in [5.41, 5.74) is 5.06. The molecule has 1 atom stereocenters. The first-order valence-electron chi connectivity index (χ1n) is 6.74. The summed E-state index contributed by atoms with van der Waals surface area (Å²) in [4.78, 5) is 0. The summed E-state index contributed by atoms with van der Waals surface area (Å²) < 4.78 is 1.85. The van der Waals surface area contributed by atoms with Crippen molar-refractivity contribution in [1.82, 2.24) is 15.2 Å². The van der Waals surface area contributed by atoms with E-state index in [1.54, 1.807) is 0 Å². The molecular formula is C14H26N4. The van der Waals surface area contributed by atoms with E-state index in [0.29, 0.717) is 22.8 Å². The van der Waals surface area contributed by atoms with Gasteiger partial charge in [0.25, 0.3) is 0 Å². The summed E-state index contributed by atoms with van der Waals surface area (Å²) >= 11 is 0. The van der Waals surface area contributed by atoms with Crippen molar-refractivity contribution in [3.8, 4) is 0 Å². The number of nitrogens with one attached hydrogen (secondary N) is 1. The molecule has 0 spiro atoms. The molecule has 2 rings (SSSR count). The van der Waals surface area contributed by atoms with Gasteiger partial charge in [-0.25, -0.2) is 0 Å². The summed E-state index contributed by atoms with van der Waals surface area (Å²) in [5, 5.41) is 4.20. The third-order valence-corrected chi connectivity index (χ3v) is 5.25. The molecule has 3 N–H and O–H groups in total. The van der Waals surface area contributed by atoms with Gasteiger partial charge in [0.1, 0.15) is 0 Å². The number of hydrogen-bond donors (Lipinski definition) is 2. The minimum atomic E-state index is 0.374. The Hall–Kier alpha value is -0.870. The molecular weight excluding hydrogens is 224 g/mol. The van der Waals surface area contributed by atoms with Crippen LogP contribution in [0.1, 0.15) is 39.7 Å². The van der Waals surface area contributed by atoms with E-state index in [1.807, 2.05) is 17.9 Å². The summed E-state index contributed by atoms with van der Waals surface area (Å²) in [5.74, 6) is 6.40. The maximum Gasteiger partial charge on any atom is 0.0521 e. The second-order valence-corrected chi connectivity index (χ2v) is 6.76. The zero-order valence-corrected chi connectivity index (χ0v) is 12.2. The third-order valence-electron chi connectivity index (χ3n) is 5.25. The third kappa shape index (κ3) is 2.08. The highest BCUT2D eigenvalue weighted by Crippen LogP contribution is 2.69. The van der Waals surface area contributed by atoms with Crippen LogP contribution in [0.5, 0.6) is 0 Å². The van der Waals surface area contributed by atoms with E-state index >= 15 is 0 Å². The molecule has 0 radical (unpaired) electrons. The van der Waals surface area contributed by atoms with Crippen molar-refractivity contribution in [2.24, 2.45) is 29.6 Å². The fraction of sp³-hybridized carbons (Fsp3) is 0.786. The first-order valence-corrected chi connectivity index (χ1v) is 6.74. The molecule has 102 valence electrons. The van der Waals surface area contributed by atoms with E-state index < -0.39 is 0 Å². The minimum absolute atomic E-state index is 0.374. The maximum atomic E-state index is 5.75. The number of nitrogens with two attached hydrogens (primary N) is 1. The SMILES string of the molecule is Cn1cc(CCC(NN)C2C(C)(C)C2(C)C)cn1. The van der Waals surface area contributed by atoms with Gasteiger partial charge in [-0.15, -0.1) is 0 Å². The number of aryl methyl sites for hydroxylation is 2. The molecule has 1 aromatic rings. The Kier molecular flexibility index (Phi) is 3.28. The highest BCUT2D eigenvalue weighted by Gasteiger charge is 2.66. The van der Waals surface area contributed by atoms with E-state index in [9.17, 15) is 0 Å². The predicted molar refractivity (Wildman–Crippen MR) is 73.7 cm³/mol. The van der Waals surface area contributed by atoms with Crippen LogP contribution < -0.4 is 11.3 Å². The molecule has 1 heterocycles. The average molecular weight is 250 g/mol. The summed E-state index contributed by atoms with van der Waals surface area (Å²) in [7, 11) is 1.95. The van der Waals surface area contributed by atoms with Gasteiger partial charge in [-0.2, -0.15) is 5.10 Å². The van der Waals surface area contributed by atoms with Crippen LogP contribution in [0.4, 0.5) is 0 Å². The van der Waals surface area contributed by atoms with Crippen molar-refractivity contribution in [3.05, 3.63) is 18.0 Å². The van der Waals surface area contributed by atoms with Crippen molar-refractivity contribution in [1.29, 1.82) is 0 Å². The van der Waals surface area contributed by atoms with Crippen LogP contribution >= 0.6 is 0 Å². The van der Waals surface area contributed by atoms with Gasteiger partial charge < -0.3 is 0 Å². The fourth-order valence-corrected chi connectivity index (χ4v) is 3.52. The summed E-state index contributed by atoms with van der Waals surface area (Å²) in [6.45, 7) is 9.36. The monoisotopic (exact) mass is 250 g/mol. The average Bonchev–Trinajstić information content (AvgIpc) is 2.64. The molecule has 1 saturated carbocycles. The molecule has 0 aromatic carbocycles. The topological polar surface area (TPSA) is 55.9 Å². The zero-order chi connectivity index (χ0) is 13.6. The van der Waals surface area contributed by atoms with E-state index in [1.165, 1.54) is 5.56 Å². The van der Waals surface area contributed by atoms with Crippen molar-refractivity contribution in [2.75, 3.05) is 0 Å². The largest absolute Gasteiger partial charge is 0.276 e. The Morgan fingerprint density at radius 1 is 1.39 bits per heavy atom. The van der Waals surface area contributed by atoms with Gasteiger partial charge in [-0.3, -0.25) is 16.0 Å². The molecule has 1 aliphatic carbocycles. The molecule has 1 fully saturated rings. The molecule has 1 aromatic heterocycles. The number of aromatic nitrogens is 2. The number of hydrazine groups is 1. The lowest BCUT2D eigenvalue weighted by atomic mass is 9.98. The summed E-state index contributed by atoms with van der Waals surface area (Å²) in [6, 6.07) is 0.384. The summed E-state index contributed by atoms with van der Waals surface area (Å²) in [6.07, 6.45) is 6.12. The quantitative estimate of drug-likeness (QED) is 0.619. The van der Waals surface area contributed by atoms with Crippen LogP contribution in [-0.4, -0.2) is 15.8 Å². The molecule has 0 saturated heterocycles. The van der Waals surface area contributed by atoms with Crippen LogP contribution in [0.15, 0.2) is 12.4 Å². The van der Waals surface area contributed by atoms with Crippen LogP contribution in [0.25, 0.3) is 0 Å². The van der Waals surface area contributed by atoms with Crippen molar-refractivity contribution in [2.45, 2.75) is 46.6 Å². The van der Waals surface area contributed by atoms with E-state index in [4.69, 9.17) is 5.84 Å². The standard InChI is InChI=1S/C14H26N4/c1-13(2)12(14(13,3)4)11(17-15)7-6-10-8-16-18(5)9-10/h8-9,11-12,17H,6-7,15H2,1-5H3. The Morgan fingerprint density at radius 2 is 2.00 bits per heavy atom. The zero-order valence-electron chi connectivity index (χ0n) is 12.2. The Morgan fingerprint density at radius 3 is 2.39 bits per heavy atom. The molecule has 4 nitrogen and oxygen atoms in total. The molecule has 1 aliphatic rings. The van der Waals surface area contributed by atoms with Crippen LogP contribution in [0, 0.1) is 16.7 Å². The van der Waals surface area contributed by atoms with Gasteiger partial charge in [-0.1, -0.05) is 27.7 Å². The Balaban J connectivity index is 1.95. The normalized spacial score (nSPS) is 23.0. The lowest BCUT2D eigenvalue weighted by molar-refractivity contribution is 0.383. The molecule has 0 amide bonds. The maximum absolute atomic E-state index is 5.75. The smallest absolute Gasteiger partial charge is 0.0521 e. The molecule has 0 aliphatic heterocycles. The van der Waals surface area contributed by atoms with Gasteiger partial charge in [0, 0.05) is 19.3 Å². The highest BCUT2D eigenvalue weighted by molar-refractivity contribution is 5.16. The Bertz CT molecular complexity index is 405. The van der Waals surface area contributed by atoms with Gasteiger partial charge in [0.15, 0.2) is 0 Å². The minimum Gasteiger partial charge on any atom is -0.276 e. The first-order chi connectivity index (χ1) is 8.30. The van der Waals surface area contributed by atoms with Crippen LogP contribution in [-0.2, 0) is 13.5 Å². The lowest BCUT2D eigenvalue weighted by Crippen LogP contribution is -2.39. The number of rotatable bonds is 5. The van der Waals surface area contributed by atoms with Gasteiger partial charge in [0.05, 0.1) is 6.20 Å². The molecule has 1 unspecified atom stereocenters. The van der Waals surface area contributed by atoms with Crippen molar-refractivity contribution >= 4 is 0 Å². The van der Waals surface area contributed by atoms with E-state index in [2.05, 4.69) is 44.4 Å². The molecule has 18 heavy (non-hydrogen) atoms. The van der Waals surface area contributed by atoms with Crippen molar-refractivity contribution < 1.29 is 0 Å². The predicted octanol–water partition coefficient (Wildman–Crippen LogP) is 1.87. The van der Waals surface area contributed by atoms with E-state index in [0.717, 1.165) is 12.8 Å². The van der Waals surface area contributed by atoms with Gasteiger partial charge in [0.2, 0.25) is 0 Å². The molecule has 0 bridgehead atoms. The fourth-order valence-electron chi connectivity index (χ4n) is 3.52. The lowest BCUT2D eigenvalue weighted by Gasteiger charge is -2.17.